The third-order valence-corrected chi connectivity index (χ3v) is 5.90. The lowest BCUT2D eigenvalue weighted by atomic mass is 10.1. The average molecular weight is 388 g/mol. The van der Waals surface area contributed by atoms with Gasteiger partial charge in [0, 0.05) is 56.4 Å². The molecule has 1 N–H and O–H groups in total. The molecule has 0 atom stereocenters. The predicted octanol–water partition coefficient (Wildman–Crippen LogP) is 3.13. The molecule has 0 radical (unpaired) electrons. The topological polar surface area (TPSA) is 64.5 Å². The molecule has 2 aromatic carbocycles. The molecule has 0 aliphatic carbocycles. The maximum atomic E-state index is 9.15. The summed E-state index contributed by atoms with van der Waals surface area (Å²) in [6.45, 7) is 6.62. The number of hydrogen-bond donors (Lipinski definition) is 1. The number of aromatic nitrogens is 1. The van der Waals surface area contributed by atoms with Gasteiger partial charge in [-0.25, -0.2) is 0 Å². The first-order valence-corrected chi connectivity index (χ1v) is 10.1. The maximum Gasteiger partial charge on any atom is 0.231 e. The van der Waals surface area contributed by atoms with E-state index in [1.54, 1.807) is 0 Å². The number of nitrogens with one attached hydrogen (secondary N) is 1. The van der Waals surface area contributed by atoms with Crippen molar-refractivity contribution in [1.82, 2.24) is 14.8 Å². The van der Waals surface area contributed by atoms with Gasteiger partial charge in [0.25, 0.3) is 0 Å². The Hall–Kier alpha value is -3.01. The first kappa shape index (κ1) is 18.0. The van der Waals surface area contributed by atoms with Gasteiger partial charge in [-0.1, -0.05) is 6.07 Å². The maximum absolute atomic E-state index is 9.15. The van der Waals surface area contributed by atoms with Gasteiger partial charge in [-0.15, -0.1) is 0 Å². The highest BCUT2D eigenvalue weighted by Crippen LogP contribution is 2.32. The van der Waals surface area contributed by atoms with Gasteiger partial charge in [0.1, 0.15) is 0 Å². The van der Waals surface area contributed by atoms with E-state index >= 15 is 0 Å². The Morgan fingerprint density at radius 1 is 0.966 bits per heavy atom. The second-order valence-electron chi connectivity index (χ2n) is 7.74. The molecule has 3 heterocycles. The van der Waals surface area contributed by atoms with Gasteiger partial charge in [0.15, 0.2) is 11.5 Å². The molecule has 0 amide bonds. The van der Waals surface area contributed by atoms with Crippen LogP contribution in [0.4, 0.5) is 0 Å². The molecule has 1 aromatic heterocycles. The predicted molar refractivity (Wildman–Crippen MR) is 111 cm³/mol. The molecule has 0 unspecified atom stereocenters. The summed E-state index contributed by atoms with van der Waals surface area (Å²) in [7, 11) is 0. The van der Waals surface area contributed by atoms with Gasteiger partial charge >= 0.3 is 0 Å². The van der Waals surface area contributed by atoms with Crippen LogP contribution in [-0.2, 0) is 13.0 Å². The first-order valence-electron chi connectivity index (χ1n) is 10.1. The smallest absolute Gasteiger partial charge is 0.231 e. The van der Waals surface area contributed by atoms with E-state index in [9.17, 15) is 0 Å². The fourth-order valence-corrected chi connectivity index (χ4v) is 4.20. The van der Waals surface area contributed by atoms with Crippen molar-refractivity contribution in [1.29, 1.82) is 5.26 Å². The van der Waals surface area contributed by atoms with Crippen molar-refractivity contribution in [2.45, 2.75) is 13.0 Å². The van der Waals surface area contributed by atoms with Crippen LogP contribution < -0.4 is 9.47 Å². The Balaban J connectivity index is 1.14. The summed E-state index contributed by atoms with van der Waals surface area (Å²) >= 11 is 0. The summed E-state index contributed by atoms with van der Waals surface area (Å²) in [6, 6.07) is 14.3. The molecule has 1 fully saturated rings. The fourth-order valence-electron chi connectivity index (χ4n) is 4.20. The van der Waals surface area contributed by atoms with Gasteiger partial charge < -0.3 is 19.4 Å². The number of aromatic amines is 1. The number of benzene rings is 2. The summed E-state index contributed by atoms with van der Waals surface area (Å²) in [6.07, 6.45) is 3.08. The van der Waals surface area contributed by atoms with E-state index in [1.165, 1.54) is 16.5 Å². The van der Waals surface area contributed by atoms with Gasteiger partial charge in [-0.3, -0.25) is 4.90 Å². The third kappa shape index (κ3) is 3.80. The lowest BCUT2D eigenvalue weighted by Crippen LogP contribution is -2.46. The van der Waals surface area contributed by atoms with Gasteiger partial charge in [-0.05, 0) is 47.9 Å². The minimum absolute atomic E-state index is 0.325. The van der Waals surface area contributed by atoms with E-state index in [4.69, 9.17) is 14.7 Å². The molecule has 0 spiro atoms. The molecule has 0 bridgehead atoms. The van der Waals surface area contributed by atoms with E-state index in [1.807, 2.05) is 24.3 Å². The number of H-pyrrole nitrogens is 1. The van der Waals surface area contributed by atoms with Crippen LogP contribution in [0.5, 0.6) is 11.5 Å². The number of ether oxygens (including phenoxy) is 2. The molecule has 29 heavy (non-hydrogen) atoms. The molecular weight excluding hydrogens is 364 g/mol. The van der Waals surface area contributed by atoms with Gasteiger partial charge in [0.2, 0.25) is 6.79 Å². The number of fused-ring (bicyclic) bond motifs is 2. The minimum atomic E-state index is 0.325. The Morgan fingerprint density at radius 3 is 2.66 bits per heavy atom. The molecule has 6 nitrogen and oxygen atoms in total. The third-order valence-electron chi connectivity index (χ3n) is 5.90. The van der Waals surface area contributed by atoms with Crippen LogP contribution in [0.3, 0.4) is 0 Å². The molecule has 0 saturated carbocycles. The number of nitrogens with zero attached hydrogens (tertiary/aromatic N) is 3. The van der Waals surface area contributed by atoms with Gasteiger partial charge in [0.05, 0.1) is 11.6 Å². The van der Waals surface area contributed by atoms with Crippen molar-refractivity contribution < 1.29 is 9.47 Å². The second-order valence-corrected chi connectivity index (χ2v) is 7.74. The zero-order valence-corrected chi connectivity index (χ0v) is 16.4. The lowest BCUT2D eigenvalue weighted by Gasteiger charge is -2.34. The normalized spacial score (nSPS) is 16.9. The first-order chi connectivity index (χ1) is 14.3. The average Bonchev–Trinajstić information content (AvgIpc) is 3.39. The molecule has 3 aromatic rings. The van der Waals surface area contributed by atoms with Crippen molar-refractivity contribution in [3.8, 4) is 17.6 Å². The highest BCUT2D eigenvalue weighted by Gasteiger charge is 2.19. The molecular formula is C23H24N4O2. The zero-order chi connectivity index (χ0) is 19.6. The second kappa shape index (κ2) is 7.78. The van der Waals surface area contributed by atoms with E-state index in [0.29, 0.717) is 6.79 Å². The molecule has 2 aliphatic rings. The Kier molecular flexibility index (Phi) is 4.84. The van der Waals surface area contributed by atoms with Crippen LogP contribution in [0.15, 0.2) is 42.6 Å². The van der Waals surface area contributed by atoms with Crippen LogP contribution in [0.25, 0.3) is 10.9 Å². The van der Waals surface area contributed by atoms with Crippen LogP contribution in [0.2, 0.25) is 0 Å². The SMILES string of the molecule is N#Cc1ccc2[nH]cc(CCN3CCN(Cc4ccc5c(c4)OCO5)CC3)c2c1. The highest BCUT2D eigenvalue weighted by molar-refractivity contribution is 5.84. The van der Waals surface area contributed by atoms with Crippen LogP contribution >= 0.6 is 0 Å². The van der Waals surface area contributed by atoms with Crippen molar-refractivity contribution in [3.63, 3.8) is 0 Å². The highest BCUT2D eigenvalue weighted by atomic mass is 16.7. The number of nitriles is 1. The summed E-state index contributed by atoms with van der Waals surface area (Å²) in [4.78, 5) is 8.35. The van der Waals surface area contributed by atoms with Crippen LogP contribution in [-0.4, -0.2) is 54.3 Å². The van der Waals surface area contributed by atoms with E-state index < -0.39 is 0 Å². The summed E-state index contributed by atoms with van der Waals surface area (Å²) in [5.41, 5.74) is 4.39. The molecule has 148 valence electrons. The van der Waals surface area contributed by atoms with Crippen molar-refractivity contribution >= 4 is 10.9 Å². The number of piperazine rings is 1. The van der Waals surface area contributed by atoms with Gasteiger partial charge in [-0.2, -0.15) is 5.26 Å². The standard InChI is InChI=1S/C23H24N4O2/c24-13-17-1-3-21-20(11-17)19(14-25-21)5-6-26-7-9-27(10-8-26)15-18-2-4-22-23(12-18)29-16-28-22/h1-4,11-12,14,25H,5-10,15-16H2. The largest absolute Gasteiger partial charge is 0.454 e. The van der Waals surface area contributed by atoms with Crippen LogP contribution in [0, 0.1) is 11.3 Å². The fraction of sp³-hybridized carbons (Fsp3) is 0.348. The molecule has 2 aliphatic heterocycles. The van der Waals surface area contributed by atoms with Crippen molar-refractivity contribution in [2.24, 2.45) is 0 Å². The van der Waals surface area contributed by atoms with Crippen molar-refractivity contribution in [3.05, 3.63) is 59.3 Å². The lowest BCUT2D eigenvalue weighted by molar-refractivity contribution is 0.128. The monoisotopic (exact) mass is 388 g/mol. The molecule has 1 saturated heterocycles. The Bertz CT molecular complexity index is 1060. The van der Waals surface area contributed by atoms with E-state index in [0.717, 1.165) is 68.3 Å². The van der Waals surface area contributed by atoms with E-state index in [-0.39, 0.29) is 0 Å². The quantitative estimate of drug-likeness (QED) is 0.728. The number of rotatable bonds is 5. The summed E-state index contributed by atoms with van der Waals surface area (Å²) in [5, 5.41) is 10.3. The number of hydrogen-bond acceptors (Lipinski definition) is 5. The zero-order valence-electron chi connectivity index (χ0n) is 16.4. The summed E-state index contributed by atoms with van der Waals surface area (Å²) < 4.78 is 10.9. The van der Waals surface area contributed by atoms with E-state index in [2.05, 4.69) is 39.2 Å². The van der Waals surface area contributed by atoms with Crippen LogP contribution in [0.1, 0.15) is 16.7 Å². The Morgan fingerprint density at radius 2 is 1.79 bits per heavy atom. The molecule has 6 heteroatoms. The minimum Gasteiger partial charge on any atom is -0.454 e. The van der Waals surface area contributed by atoms with Crippen molar-refractivity contribution in [2.75, 3.05) is 39.5 Å². The Labute approximate surface area is 170 Å². The summed E-state index contributed by atoms with van der Waals surface area (Å²) in [5.74, 6) is 1.71. The molecule has 5 rings (SSSR count).